The van der Waals surface area contributed by atoms with Crippen molar-refractivity contribution >= 4 is 21.6 Å². The van der Waals surface area contributed by atoms with Crippen LogP contribution in [0.25, 0.3) is 5.65 Å². The number of aryl methyl sites for hydroxylation is 1. The summed E-state index contributed by atoms with van der Waals surface area (Å²) >= 11 is 3.57. The fraction of sp³-hybridized carbons (Fsp3) is 0.500. The van der Waals surface area contributed by atoms with E-state index in [4.69, 9.17) is 0 Å². The Morgan fingerprint density at radius 1 is 1.44 bits per heavy atom. The molecule has 1 aliphatic rings. The lowest BCUT2D eigenvalue weighted by molar-refractivity contribution is 0.419. The molecule has 2 aromatic heterocycles. The largest absolute Gasteiger partial charge is 0.212 e. The van der Waals surface area contributed by atoms with Crippen LogP contribution < -0.4 is 0 Å². The Morgan fingerprint density at radius 2 is 2.25 bits per heavy atom. The Hall–Kier alpha value is -0.900. The monoisotopic (exact) mass is 279 g/mol. The minimum Gasteiger partial charge on any atom is -0.212 e. The molecule has 0 radical (unpaired) electrons. The minimum absolute atomic E-state index is 0.739. The van der Waals surface area contributed by atoms with Gasteiger partial charge in [-0.05, 0) is 52.4 Å². The second-order valence-electron chi connectivity index (χ2n) is 4.39. The SMILES string of the molecule is CCc1nc2cc(C3CCC3)cc(Br)n2n1. The van der Waals surface area contributed by atoms with Crippen LogP contribution in [0.4, 0.5) is 0 Å². The van der Waals surface area contributed by atoms with Crippen molar-refractivity contribution in [3.05, 3.63) is 28.1 Å². The molecule has 0 aliphatic heterocycles. The van der Waals surface area contributed by atoms with Crippen molar-refractivity contribution in [2.24, 2.45) is 0 Å². The van der Waals surface area contributed by atoms with Gasteiger partial charge in [0, 0.05) is 6.42 Å². The average molecular weight is 280 g/mol. The standard InChI is InChI=1S/C12H14BrN3/c1-2-11-14-12-7-9(8-4-3-5-8)6-10(13)16(12)15-11/h6-8H,2-5H2,1H3. The summed E-state index contributed by atoms with van der Waals surface area (Å²) < 4.78 is 2.89. The smallest absolute Gasteiger partial charge is 0.157 e. The molecule has 0 atom stereocenters. The van der Waals surface area contributed by atoms with Gasteiger partial charge in [-0.1, -0.05) is 13.3 Å². The van der Waals surface area contributed by atoms with Gasteiger partial charge in [-0.2, -0.15) is 5.10 Å². The maximum atomic E-state index is 4.52. The van der Waals surface area contributed by atoms with E-state index in [0.29, 0.717) is 0 Å². The molecule has 0 amide bonds. The second-order valence-corrected chi connectivity index (χ2v) is 5.20. The fourth-order valence-corrected chi connectivity index (χ4v) is 2.66. The topological polar surface area (TPSA) is 30.2 Å². The number of hydrogen-bond donors (Lipinski definition) is 0. The Balaban J connectivity index is 2.12. The van der Waals surface area contributed by atoms with Crippen molar-refractivity contribution in [3.63, 3.8) is 0 Å². The first-order valence-corrected chi connectivity index (χ1v) is 6.62. The molecule has 0 aromatic carbocycles. The summed E-state index contributed by atoms with van der Waals surface area (Å²) in [5, 5.41) is 4.43. The van der Waals surface area contributed by atoms with E-state index < -0.39 is 0 Å². The van der Waals surface area contributed by atoms with Crippen LogP contribution in [0.3, 0.4) is 0 Å². The van der Waals surface area contributed by atoms with Crippen LogP contribution in [0.2, 0.25) is 0 Å². The molecule has 0 N–H and O–H groups in total. The van der Waals surface area contributed by atoms with Crippen molar-refractivity contribution in [2.45, 2.75) is 38.5 Å². The Kier molecular flexibility index (Phi) is 2.46. The number of rotatable bonds is 2. The van der Waals surface area contributed by atoms with E-state index in [2.05, 4.69) is 45.1 Å². The van der Waals surface area contributed by atoms with Crippen LogP contribution >= 0.6 is 15.9 Å². The molecular weight excluding hydrogens is 266 g/mol. The zero-order chi connectivity index (χ0) is 11.1. The van der Waals surface area contributed by atoms with Crippen LogP contribution in [0.1, 0.15) is 43.5 Å². The van der Waals surface area contributed by atoms with Gasteiger partial charge in [-0.15, -0.1) is 0 Å². The summed E-state index contributed by atoms with van der Waals surface area (Å²) in [5.41, 5.74) is 2.37. The summed E-state index contributed by atoms with van der Waals surface area (Å²) in [6.07, 6.45) is 4.88. The average Bonchev–Trinajstić information content (AvgIpc) is 2.58. The number of halogens is 1. The van der Waals surface area contributed by atoms with Crippen molar-refractivity contribution in [1.29, 1.82) is 0 Å². The van der Waals surface area contributed by atoms with Crippen molar-refractivity contribution in [2.75, 3.05) is 0 Å². The van der Waals surface area contributed by atoms with Crippen LogP contribution in [-0.4, -0.2) is 14.6 Å². The van der Waals surface area contributed by atoms with Crippen LogP contribution in [0.15, 0.2) is 16.7 Å². The van der Waals surface area contributed by atoms with Gasteiger partial charge in [-0.3, -0.25) is 0 Å². The normalized spacial score (nSPS) is 16.6. The summed E-state index contributed by atoms with van der Waals surface area (Å²) in [7, 11) is 0. The number of pyridine rings is 1. The zero-order valence-corrected chi connectivity index (χ0v) is 10.9. The first kappa shape index (κ1) is 10.3. The second kappa shape index (κ2) is 3.84. The molecule has 1 saturated carbocycles. The Bertz CT molecular complexity index is 528. The van der Waals surface area contributed by atoms with Gasteiger partial charge in [-0.25, -0.2) is 9.50 Å². The van der Waals surface area contributed by atoms with E-state index in [-0.39, 0.29) is 0 Å². The van der Waals surface area contributed by atoms with E-state index in [9.17, 15) is 0 Å². The molecule has 2 heterocycles. The van der Waals surface area contributed by atoms with E-state index >= 15 is 0 Å². The molecule has 0 spiro atoms. The maximum Gasteiger partial charge on any atom is 0.157 e. The molecule has 2 aromatic rings. The molecule has 3 nitrogen and oxygen atoms in total. The predicted molar refractivity (Wildman–Crippen MR) is 66.7 cm³/mol. The fourth-order valence-electron chi connectivity index (χ4n) is 2.14. The molecule has 4 heteroatoms. The third kappa shape index (κ3) is 1.56. The molecule has 0 unspecified atom stereocenters. The van der Waals surface area contributed by atoms with Crippen LogP contribution in [-0.2, 0) is 6.42 Å². The first-order valence-electron chi connectivity index (χ1n) is 5.83. The molecular formula is C12H14BrN3. The van der Waals surface area contributed by atoms with Gasteiger partial charge in [0.2, 0.25) is 0 Å². The third-order valence-corrected chi connectivity index (χ3v) is 3.92. The lowest BCUT2D eigenvalue weighted by atomic mass is 9.80. The summed E-state index contributed by atoms with van der Waals surface area (Å²) in [5.74, 6) is 1.65. The highest BCUT2D eigenvalue weighted by molar-refractivity contribution is 9.10. The summed E-state index contributed by atoms with van der Waals surface area (Å²) in [6, 6.07) is 4.37. The number of fused-ring (bicyclic) bond motifs is 1. The Morgan fingerprint density at radius 3 is 2.88 bits per heavy atom. The first-order chi connectivity index (χ1) is 7.78. The van der Waals surface area contributed by atoms with Crippen molar-refractivity contribution in [1.82, 2.24) is 14.6 Å². The van der Waals surface area contributed by atoms with Gasteiger partial charge in [0.15, 0.2) is 11.5 Å². The lowest BCUT2D eigenvalue weighted by Crippen LogP contribution is -2.09. The van der Waals surface area contributed by atoms with Crippen molar-refractivity contribution in [3.8, 4) is 0 Å². The van der Waals surface area contributed by atoms with Gasteiger partial charge < -0.3 is 0 Å². The number of nitrogens with zero attached hydrogens (tertiary/aromatic N) is 3. The van der Waals surface area contributed by atoms with E-state index in [0.717, 1.165) is 28.4 Å². The number of hydrogen-bond acceptors (Lipinski definition) is 2. The highest BCUT2D eigenvalue weighted by Gasteiger charge is 2.21. The third-order valence-electron chi connectivity index (χ3n) is 3.35. The quantitative estimate of drug-likeness (QED) is 0.790. The van der Waals surface area contributed by atoms with Crippen molar-refractivity contribution < 1.29 is 0 Å². The number of aromatic nitrogens is 3. The molecule has 84 valence electrons. The zero-order valence-electron chi connectivity index (χ0n) is 9.28. The van der Waals surface area contributed by atoms with E-state index in [1.54, 1.807) is 0 Å². The molecule has 1 aliphatic carbocycles. The lowest BCUT2D eigenvalue weighted by Gasteiger charge is -2.25. The van der Waals surface area contributed by atoms with Gasteiger partial charge in [0.1, 0.15) is 4.60 Å². The highest BCUT2D eigenvalue weighted by atomic mass is 79.9. The minimum atomic E-state index is 0.739. The van der Waals surface area contributed by atoms with Gasteiger partial charge >= 0.3 is 0 Å². The molecule has 1 fully saturated rings. The van der Waals surface area contributed by atoms with Crippen LogP contribution in [0, 0.1) is 0 Å². The van der Waals surface area contributed by atoms with E-state index in [1.165, 1.54) is 24.8 Å². The molecule has 16 heavy (non-hydrogen) atoms. The van der Waals surface area contributed by atoms with Crippen LogP contribution in [0.5, 0.6) is 0 Å². The summed E-state index contributed by atoms with van der Waals surface area (Å²) in [6.45, 7) is 2.08. The van der Waals surface area contributed by atoms with E-state index in [1.807, 2.05) is 4.52 Å². The maximum absolute atomic E-state index is 4.52. The molecule has 0 saturated heterocycles. The molecule has 3 rings (SSSR count). The highest BCUT2D eigenvalue weighted by Crippen LogP contribution is 2.37. The Labute approximate surface area is 103 Å². The summed E-state index contributed by atoms with van der Waals surface area (Å²) in [4.78, 5) is 4.52. The van der Waals surface area contributed by atoms with Gasteiger partial charge in [0.25, 0.3) is 0 Å². The predicted octanol–water partition coefficient (Wildman–Crippen LogP) is 3.32. The molecule has 0 bridgehead atoms. The van der Waals surface area contributed by atoms with Gasteiger partial charge in [0.05, 0.1) is 0 Å².